The Balaban J connectivity index is 2.17. The summed E-state index contributed by atoms with van der Waals surface area (Å²) in [6, 6.07) is 4.76. The highest BCUT2D eigenvalue weighted by Gasteiger charge is 2.22. The highest BCUT2D eigenvalue weighted by molar-refractivity contribution is 7.89. The molecular formula is C19H30N2O3S. The Morgan fingerprint density at radius 1 is 1.16 bits per heavy atom. The van der Waals surface area contributed by atoms with E-state index < -0.39 is 10.0 Å². The number of nitrogens with one attached hydrogen (secondary N) is 2. The van der Waals surface area contributed by atoms with Crippen molar-refractivity contribution in [1.29, 1.82) is 0 Å². The van der Waals surface area contributed by atoms with Crippen molar-refractivity contribution in [1.82, 2.24) is 10.0 Å². The van der Waals surface area contributed by atoms with Crippen LogP contribution >= 0.6 is 0 Å². The first-order valence-corrected chi connectivity index (χ1v) is 10.7. The third-order valence-electron chi connectivity index (χ3n) is 4.61. The smallest absolute Gasteiger partial charge is 0.251 e. The lowest BCUT2D eigenvalue weighted by Gasteiger charge is -2.17. The molecule has 2 N–H and O–H groups in total. The zero-order valence-electron chi connectivity index (χ0n) is 15.5. The van der Waals surface area contributed by atoms with Crippen LogP contribution in [0, 0.1) is 12.8 Å². The quantitative estimate of drug-likeness (QED) is 0.758. The van der Waals surface area contributed by atoms with E-state index in [0.717, 1.165) is 31.2 Å². The summed E-state index contributed by atoms with van der Waals surface area (Å²) in [7, 11) is -3.61. The molecule has 0 aromatic heterocycles. The minimum Gasteiger partial charge on any atom is -0.352 e. The van der Waals surface area contributed by atoms with Crippen molar-refractivity contribution in [3.8, 4) is 0 Å². The summed E-state index contributed by atoms with van der Waals surface area (Å²) in [5.41, 5.74) is 1.19. The summed E-state index contributed by atoms with van der Waals surface area (Å²) in [6.07, 6.45) is 6.22. The van der Waals surface area contributed by atoms with Crippen molar-refractivity contribution in [3.05, 3.63) is 29.3 Å². The van der Waals surface area contributed by atoms with Gasteiger partial charge >= 0.3 is 0 Å². The first-order valence-electron chi connectivity index (χ1n) is 9.21. The molecule has 1 aromatic rings. The standard InChI is InChI=1S/C19H30N2O3S/c1-14(2)13-20-19(22)18-12-17(11-10-15(18)3)25(23,24)21-16-8-6-4-5-7-9-16/h10-12,14,16,21H,4-9,13H2,1-3H3,(H,20,22). The summed E-state index contributed by atoms with van der Waals surface area (Å²) >= 11 is 0. The van der Waals surface area contributed by atoms with Gasteiger partial charge in [-0.1, -0.05) is 45.6 Å². The van der Waals surface area contributed by atoms with Crippen LogP contribution < -0.4 is 10.0 Å². The molecule has 1 fully saturated rings. The van der Waals surface area contributed by atoms with Gasteiger partial charge in [-0.3, -0.25) is 4.79 Å². The van der Waals surface area contributed by atoms with E-state index >= 15 is 0 Å². The van der Waals surface area contributed by atoms with Crippen LogP contribution in [0.25, 0.3) is 0 Å². The molecule has 5 nitrogen and oxygen atoms in total. The Labute approximate surface area is 151 Å². The SMILES string of the molecule is Cc1ccc(S(=O)(=O)NC2CCCCCC2)cc1C(=O)NCC(C)C. The topological polar surface area (TPSA) is 75.3 Å². The van der Waals surface area contributed by atoms with Gasteiger partial charge in [0.25, 0.3) is 5.91 Å². The third-order valence-corrected chi connectivity index (χ3v) is 6.13. The Morgan fingerprint density at radius 3 is 2.40 bits per heavy atom. The van der Waals surface area contributed by atoms with Gasteiger partial charge in [0.2, 0.25) is 10.0 Å². The second-order valence-electron chi connectivity index (χ2n) is 7.39. The Kier molecular flexibility index (Phi) is 7.02. The zero-order valence-corrected chi connectivity index (χ0v) is 16.3. The summed E-state index contributed by atoms with van der Waals surface area (Å²) in [6.45, 7) is 6.42. The second kappa shape index (κ2) is 8.81. The summed E-state index contributed by atoms with van der Waals surface area (Å²) in [4.78, 5) is 12.5. The average molecular weight is 367 g/mol. The van der Waals surface area contributed by atoms with Crippen LogP contribution in [-0.2, 0) is 10.0 Å². The van der Waals surface area contributed by atoms with E-state index in [1.54, 1.807) is 12.1 Å². The fourth-order valence-corrected chi connectivity index (χ4v) is 4.42. The Bertz CT molecular complexity index is 691. The van der Waals surface area contributed by atoms with Crippen LogP contribution in [0.2, 0.25) is 0 Å². The van der Waals surface area contributed by atoms with E-state index in [1.165, 1.54) is 18.9 Å². The fourth-order valence-electron chi connectivity index (χ4n) is 3.09. The number of sulfonamides is 1. The van der Waals surface area contributed by atoms with Crippen molar-refractivity contribution in [2.24, 2.45) is 5.92 Å². The normalized spacial score (nSPS) is 16.6. The number of aryl methyl sites for hydroxylation is 1. The summed E-state index contributed by atoms with van der Waals surface area (Å²) in [5.74, 6) is 0.116. The molecule has 6 heteroatoms. The predicted molar refractivity (Wildman–Crippen MR) is 100 cm³/mol. The van der Waals surface area contributed by atoms with Crippen molar-refractivity contribution < 1.29 is 13.2 Å². The highest BCUT2D eigenvalue weighted by atomic mass is 32.2. The molecule has 2 rings (SSSR count). The first kappa shape index (κ1) is 19.9. The molecule has 0 saturated heterocycles. The highest BCUT2D eigenvalue weighted by Crippen LogP contribution is 2.21. The van der Waals surface area contributed by atoms with Gasteiger partial charge in [0.05, 0.1) is 4.90 Å². The van der Waals surface area contributed by atoms with Crippen molar-refractivity contribution in [2.45, 2.75) is 70.2 Å². The second-order valence-corrected chi connectivity index (χ2v) is 9.10. The van der Waals surface area contributed by atoms with Gasteiger partial charge in [-0.25, -0.2) is 13.1 Å². The van der Waals surface area contributed by atoms with Crippen LogP contribution in [0.5, 0.6) is 0 Å². The van der Waals surface area contributed by atoms with Gasteiger partial charge in [-0.05, 0) is 43.4 Å². The van der Waals surface area contributed by atoms with Crippen molar-refractivity contribution in [2.75, 3.05) is 6.54 Å². The number of hydrogen-bond donors (Lipinski definition) is 2. The minimum absolute atomic E-state index is 0.00739. The molecule has 1 amide bonds. The van der Waals surface area contributed by atoms with E-state index in [2.05, 4.69) is 10.0 Å². The molecule has 1 aliphatic carbocycles. The third kappa shape index (κ3) is 5.82. The summed E-state index contributed by atoms with van der Waals surface area (Å²) < 4.78 is 28.3. The molecule has 0 aliphatic heterocycles. The number of hydrogen-bond acceptors (Lipinski definition) is 3. The molecule has 1 aliphatic rings. The molecule has 0 heterocycles. The fraction of sp³-hybridized carbons (Fsp3) is 0.632. The van der Waals surface area contributed by atoms with Gasteiger partial charge < -0.3 is 5.32 Å². The van der Waals surface area contributed by atoms with E-state index in [1.807, 2.05) is 20.8 Å². The summed E-state index contributed by atoms with van der Waals surface area (Å²) in [5, 5.41) is 2.85. The first-order chi connectivity index (χ1) is 11.8. The van der Waals surface area contributed by atoms with Gasteiger partial charge in [-0.2, -0.15) is 0 Å². The van der Waals surface area contributed by atoms with Crippen LogP contribution in [0.3, 0.4) is 0 Å². The predicted octanol–water partition coefficient (Wildman–Crippen LogP) is 3.38. The van der Waals surface area contributed by atoms with Crippen molar-refractivity contribution in [3.63, 3.8) is 0 Å². The molecule has 0 unspecified atom stereocenters. The van der Waals surface area contributed by atoms with E-state index in [0.29, 0.717) is 18.0 Å². The maximum atomic E-state index is 12.7. The molecule has 1 saturated carbocycles. The van der Waals surface area contributed by atoms with Gasteiger partial charge in [-0.15, -0.1) is 0 Å². The molecule has 1 aromatic carbocycles. The lowest BCUT2D eigenvalue weighted by atomic mass is 10.1. The average Bonchev–Trinajstić information content (AvgIpc) is 2.81. The number of carbonyl (C=O) groups is 1. The maximum Gasteiger partial charge on any atom is 0.251 e. The lowest BCUT2D eigenvalue weighted by molar-refractivity contribution is 0.0948. The number of rotatable bonds is 6. The minimum atomic E-state index is -3.61. The van der Waals surface area contributed by atoms with Crippen LogP contribution in [0.15, 0.2) is 23.1 Å². The zero-order chi connectivity index (χ0) is 18.4. The van der Waals surface area contributed by atoms with Crippen LogP contribution in [-0.4, -0.2) is 26.9 Å². The van der Waals surface area contributed by atoms with Gasteiger partial charge in [0.15, 0.2) is 0 Å². The van der Waals surface area contributed by atoms with E-state index in [4.69, 9.17) is 0 Å². The Morgan fingerprint density at radius 2 is 1.80 bits per heavy atom. The molecule has 140 valence electrons. The molecule has 0 spiro atoms. The van der Waals surface area contributed by atoms with Crippen LogP contribution in [0.1, 0.15) is 68.3 Å². The Hall–Kier alpha value is -1.40. The maximum absolute atomic E-state index is 12.7. The largest absolute Gasteiger partial charge is 0.352 e. The van der Waals surface area contributed by atoms with Crippen LogP contribution in [0.4, 0.5) is 0 Å². The number of benzene rings is 1. The van der Waals surface area contributed by atoms with E-state index in [9.17, 15) is 13.2 Å². The van der Waals surface area contributed by atoms with Gasteiger partial charge in [0, 0.05) is 18.2 Å². The monoisotopic (exact) mass is 366 g/mol. The van der Waals surface area contributed by atoms with Gasteiger partial charge in [0.1, 0.15) is 0 Å². The molecule has 0 radical (unpaired) electrons. The molecule has 0 atom stereocenters. The number of amides is 1. The van der Waals surface area contributed by atoms with Crippen molar-refractivity contribution >= 4 is 15.9 Å². The molecule has 0 bridgehead atoms. The molecular weight excluding hydrogens is 336 g/mol. The number of carbonyl (C=O) groups excluding carboxylic acids is 1. The van der Waals surface area contributed by atoms with E-state index in [-0.39, 0.29) is 16.8 Å². The molecule has 25 heavy (non-hydrogen) atoms. The lowest BCUT2D eigenvalue weighted by Crippen LogP contribution is -2.34.